The van der Waals surface area contributed by atoms with Crippen LogP contribution in [0.2, 0.25) is 0 Å². The number of fused-ring (bicyclic) bond motifs is 1. The summed E-state index contributed by atoms with van der Waals surface area (Å²) in [5.41, 5.74) is 0.927. The molecule has 0 bridgehead atoms. The average molecular weight is 407 g/mol. The molecule has 0 saturated carbocycles. The number of carboxylic acids is 2. The van der Waals surface area contributed by atoms with Gasteiger partial charge in [0, 0.05) is 43.5 Å². The predicted octanol–water partition coefficient (Wildman–Crippen LogP) is 2.66. The Balaban J connectivity index is 0.000000718. The highest BCUT2D eigenvalue weighted by atomic mass is 35.5. The van der Waals surface area contributed by atoms with E-state index in [4.69, 9.17) is 45.6 Å². The van der Waals surface area contributed by atoms with E-state index in [0.717, 1.165) is 13.8 Å². The van der Waals surface area contributed by atoms with Crippen molar-refractivity contribution in [3.63, 3.8) is 0 Å². The van der Waals surface area contributed by atoms with Crippen LogP contribution in [0.15, 0.2) is 11.1 Å². The van der Waals surface area contributed by atoms with Crippen molar-refractivity contribution in [1.82, 2.24) is 0 Å². The van der Waals surface area contributed by atoms with Crippen molar-refractivity contribution in [3.8, 4) is 23.0 Å². The maximum absolute atomic E-state index is 10.3. The molecule has 10 heteroatoms. The van der Waals surface area contributed by atoms with Crippen LogP contribution in [0.5, 0.6) is 23.0 Å². The second-order valence-corrected chi connectivity index (χ2v) is 5.63. The van der Waals surface area contributed by atoms with Crippen molar-refractivity contribution in [3.05, 3.63) is 22.2 Å². The molecule has 152 valence electrons. The number of phenols is 2. The van der Waals surface area contributed by atoms with Crippen LogP contribution in [0.4, 0.5) is 0 Å². The summed E-state index contributed by atoms with van der Waals surface area (Å²) >= 11 is 6.03. The van der Waals surface area contributed by atoms with Gasteiger partial charge in [0.2, 0.25) is 11.5 Å². The topological polar surface area (TPSA) is 143 Å². The molecule has 1 aromatic carbocycles. The first-order valence-electron chi connectivity index (χ1n) is 7.48. The molecule has 0 aromatic heterocycles. The van der Waals surface area contributed by atoms with Crippen molar-refractivity contribution in [2.24, 2.45) is 0 Å². The number of hydrogen-bond donors (Lipinski definition) is 4. The Morgan fingerprint density at radius 2 is 1.41 bits per heavy atom. The smallest absolute Gasteiger partial charge is 0.300 e. The molecular formula is C17H23ClO9. The van der Waals surface area contributed by atoms with Crippen molar-refractivity contribution >= 4 is 23.5 Å². The molecule has 2 rings (SSSR count). The molecule has 4 N–H and O–H groups in total. The van der Waals surface area contributed by atoms with E-state index in [0.29, 0.717) is 22.6 Å². The lowest BCUT2D eigenvalue weighted by atomic mass is 9.91. The summed E-state index contributed by atoms with van der Waals surface area (Å²) in [6.45, 7) is 2.17. The Labute approximate surface area is 161 Å². The van der Waals surface area contributed by atoms with Gasteiger partial charge in [-0.1, -0.05) is 11.6 Å². The Kier molecular flexibility index (Phi) is 10.1. The second kappa shape index (κ2) is 11.1. The summed E-state index contributed by atoms with van der Waals surface area (Å²) < 4.78 is 15.4. The van der Waals surface area contributed by atoms with Gasteiger partial charge in [-0.25, -0.2) is 0 Å². The van der Waals surface area contributed by atoms with Crippen LogP contribution >= 0.6 is 11.6 Å². The fourth-order valence-corrected chi connectivity index (χ4v) is 2.52. The van der Waals surface area contributed by atoms with Crippen LogP contribution in [0, 0.1) is 0 Å². The minimum Gasteiger partial charge on any atom is -0.504 e. The number of benzene rings is 1. The van der Waals surface area contributed by atoms with Crippen LogP contribution in [-0.4, -0.2) is 53.7 Å². The van der Waals surface area contributed by atoms with E-state index in [-0.39, 0.29) is 23.0 Å². The van der Waals surface area contributed by atoms with Crippen molar-refractivity contribution < 1.29 is 44.2 Å². The standard InChI is InChI=1S/C13H15ClO5.2C2H4O2/c1-17-8-5-6(14)4-7-9(8)11(16)13(19-3)12(18-2)10(7)15;2*1-2(3)4/h5,8,15-16H,4H2,1-3H3;2*1H3,(H,3,4). The molecule has 1 aliphatic carbocycles. The number of phenolic OH excluding ortho intramolecular Hbond substituents is 2. The first-order valence-corrected chi connectivity index (χ1v) is 7.86. The van der Waals surface area contributed by atoms with Gasteiger partial charge in [-0.15, -0.1) is 0 Å². The summed E-state index contributed by atoms with van der Waals surface area (Å²) in [7, 11) is 4.27. The number of hydrogen-bond acceptors (Lipinski definition) is 7. The fraction of sp³-hybridized carbons (Fsp3) is 0.412. The zero-order chi connectivity index (χ0) is 21.3. The molecule has 0 fully saturated rings. The minimum atomic E-state index is -0.833. The van der Waals surface area contributed by atoms with Gasteiger partial charge < -0.3 is 34.6 Å². The van der Waals surface area contributed by atoms with E-state index in [9.17, 15) is 10.2 Å². The zero-order valence-electron chi connectivity index (χ0n) is 15.6. The van der Waals surface area contributed by atoms with Gasteiger partial charge in [-0.05, 0) is 6.08 Å². The molecule has 1 aliphatic rings. The number of allylic oxidation sites excluding steroid dienone is 1. The number of carbonyl (C=O) groups is 2. The van der Waals surface area contributed by atoms with E-state index in [1.165, 1.54) is 21.3 Å². The van der Waals surface area contributed by atoms with Crippen LogP contribution < -0.4 is 9.47 Å². The molecule has 27 heavy (non-hydrogen) atoms. The van der Waals surface area contributed by atoms with Gasteiger partial charge in [0.05, 0.1) is 14.2 Å². The van der Waals surface area contributed by atoms with E-state index in [1.807, 2.05) is 0 Å². The summed E-state index contributed by atoms with van der Waals surface area (Å²) in [5, 5.41) is 35.9. The van der Waals surface area contributed by atoms with Crippen LogP contribution in [0.25, 0.3) is 0 Å². The van der Waals surface area contributed by atoms with Gasteiger partial charge in [0.15, 0.2) is 11.5 Å². The van der Waals surface area contributed by atoms with Crippen molar-refractivity contribution in [2.45, 2.75) is 26.4 Å². The van der Waals surface area contributed by atoms with Crippen LogP contribution in [0.1, 0.15) is 31.1 Å². The second-order valence-electron chi connectivity index (χ2n) is 5.14. The third-order valence-electron chi connectivity index (χ3n) is 3.13. The maximum Gasteiger partial charge on any atom is 0.300 e. The highest BCUT2D eigenvalue weighted by Crippen LogP contribution is 2.53. The normalized spacial score (nSPS) is 14.3. The van der Waals surface area contributed by atoms with E-state index in [1.54, 1.807) is 6.08 Å². The van der Waals surface area contributed by atoms with E-state index in [2.05, 4.69) is 0 Å². The van der Waals surface area contributed by atoms with Gasteiger partial charge in [-0.3, -0.25) is 9.59 Å². The summed E-state index contributed by atoms with van der Waals surface area (Å²) in [6, 6.07) is 0. The molecule has 9 nitrogen and oxygen atoms in total. The fourth-order valence-electron chi connectivity index (χ4n) is 2.27. The van der Waals surface area contributed by atoms with Gasteiger partial charge >= 0.3 is 0 Å². The SMILES string of the molecule is CC(=O)O.CC(=O)O.COc1c(O)c2c(c(O)c1OC)C(OC)C=C(Cl)C2. The lowest BCUT2D eigenvalue weighted by molar-refractivity contribution is -0.135. The number of rotatable bonds is 3. The van der Waals surface area contributed by atoms with Crippen molar-refractivity contribution in [2.75, 3.05) is 21.3 Å². The van der Waals surface area contributed by atoms with Gasteiger partial charge in [0.25, 0.3) is 11.9 Å². The number of carboxylic acid groups (broad SMARTS) is 2. The van der Waals surface area contributed by atoms with Crippen LogP contribution in [-0.2, 0) is 20.7 Å². The Hall–Kier alpha value is -2.65. The van der Waals surface area contributed by atoms with Gasteiger partial charge in [0.1, 0.15) is 6.10 Å². The number of halogens is 1. The lowest BCUT2D eigenvalue weighted by Gasteiger charge is -2.26. The molecule has 0 heterocycles. The summed E-state index contributed by atoms with van der Waals surface area (Å²) in [5.74, 6) is -1.72. The number of aliphatic carboxylic acids is 2. The van der Waals surface area contributed by atoms with Gasteiger partial charge in [-0.2, -0.15) is 0 Å². The number of methoxy groups -OCH3 is 3. The molecule has 0 saturated heterocycles. The highest BCUT2D eigenvalue weighted by Gasteiger charge is 2.32. The van der Waals surface area contributed by atoms with Crippen LogP contribution in [0.3, 0.4) is 0 Å². The quantitative estimate of drug-likeness (QED) is 0.557. The third kappa shape index (κ3) is 6.87. The largest absolute Gasteiger partial charge is 0.504 e. The molecule has 0 spiro atoms. The first-order chi connectivity index (χ1) is 12.5. The predicted molar refractivity (Wildman–Crippen MR) is 96.9 cm³/mol. The molecule has 1 aromatic rings. The Morgan fingerprint density at radius 1 is 1.00 bits per heavy atom. The Bertz CT molecular complexity index is 693. The maximum atomic E-state index is 10.3. The minimum absolute atomic E-state index is 0.0761. The number of aromatic hydroxyl groups is 2. The average Bonchev–Trinajstić information content (AvgIpc) is 2.55. The molecule has 0 radical (unpaired) electrons. The van der Waals surface area contributed by atoms with E-state index >= 15 is 0 Å². The summed E-state index contributed by atoms with van der Waals surface area (Å²) in [4.78, 5) is 18.0. The molecule has 0 amide bonds. The molecule has 1 atom stereocenters. The Morgan fingerprint density at radius 3 is 1.78 bits per heavy atom. The third-order valence-corrected chi connectivity index (χ3v) is 3.39. The highest BCUT2D eigenvalue weighted by molar-refractivity contribution is 6.30. The lowest BCUT2D eigenvalue weighted by Crippen LogP contribution is -2.11. The summed E-state index contributed by atoms with van der Waals surface area (Å²) in [6.07, 6.45) is 1.44. The van der Waals surface area contributed by atoms with Crippen molar-refractivity contribution in [1.29, 1.82) is 0 Å². The van der Waals surface area contributed by atoms with E-state index < -0.39 is 18.0 Å². The monoisotopic (exact) mass is 406 g/mol. The molecular weight excluding hydrogens is 384 g/mol. The zero-order valence-corrected chi connectivity index (χ0v) is 16.3. The first kappa shape index (κ1) is 24.4. The molecule has 1 unspecified atom stereocenters. The number of ether oxygens (including phenoxy) is 3. The molecule has 0 aliphatic heterocycles.